The zero-order valence-electron chi connectivity index (χ0n) is 13.9. The lowest BCUT2D eigenvalue weighted by molar-refractivity contribution is 0.0845. The van der Waals surface area contributed by atoms with Crippen LogP contribution in [0.4, 0.5) is 0 Å². The number of rotatable bonds is 5. The number of aryl methyl sites for hydroxylation is 1. The number of nitrogens with one attached hydrogen (secondary N) is 2. The minimum Gasteiger partial charge on any atom is -0.496 e. The van der Waals surface area contributed by atoms with Crippen LogP contribution in [0.25, 0.3) is 0 Å². The van der Waals surface area contributed by atoms with Crippen molar-refractivity contribution >= 4 is 11.8 Å². The fraction of sp³-hybridized carbons (Fsp3) is 0.222. The molecule has 2 N–H and O–H groups in total. The number of hydrogen-bond donors (Lipinski definition) is 2. The Bertz CT molecular complexity index is 726. The molecule has 6 heteroatoms. The first-order valence-electron chi connectivity index (χ1n) is 7.53. The van der Waals surface area contributed by atoms with Crippen molar-refractivity contribution in [2.24, 2.45) is 0 Å². The number of hydrazine groups is 1. The molecule has 0 bridgehead atoms. The van der Waals surface area contributed by atoms with Crippen molar-refractivity contribution in [3.8, 4) is 11.5 Å². The summed E-state index contributed by atoms with van der Waals surface area (Å²) in [6.45, 7) is 4.31. The molecule has 0 unspecified atom stereocenters. The third kappa shape index (κ3) is 4.25. The quantitative estimate of drug-likeness (QED) is 0.827. The fourth-order valence-electron chi connectivity index (χ4n) is 2.12. The van der Waals surface area contributed by atoms with Crippen LogP contribution in [0.3, 0.4) is 0 Å². The molecule has 0 spiro atoms. The summed E-state index contributed by atoms with van der Waals surface area (Å²) in [5.41, 5.74) is 6.45. The molecule has 0 aliphatic carbocycles. The Kier molecular flexibility index (Phi) is 5.78. The second-order valence-electron chi connectivity index (χ2n) is 5.07. The van der Waals surface area contributed by atoms with Crippen molar-refractivity contribution < 1.29 is 19.1 Å². The van der Waals surface area contributed by atoms with Gasteiger partial charge in [-0.1, -0.05) is 11.6 Å². The molecule has 0 heterocycles. The Morgan fingerprint density at radius 1 is 1.00 bits per heavy atom. The number of benzene rings is 2. The smallest absolute Gasteiger partial charge is 0.273 e. The highest BCUT2D eigenvalue weighted by Crippen LogP contribution is 2.19. The highest BCUT2D eigenvalue weighted by atomic mass is 16.5. The molecular formula is C18H20N2O4. The molecule has 2 aromatic rings. The molecule has 24 heavy (non-hydrogen) atoms. The molecule has 0 aliphatic heterocycles. The molecular weight excluding hydrogens is 308 g/mol. The highest BCUT2D eigenvalue weighted by molar-refractivity contribution is 6.00. The molecule has 0 aliphatic rings. The molecule has 0 saturated carbocycles. The summed E-state index contributed by atoms with van der Waals surface area (Å²) >= 11 is 0. The van der Waals surface area contributed by atoms with Gasteiger partial charge in [0.25, 0.3) is 11.8 Å². The van der Waals surface area contributed by atoms with E-state index in [2.05, 4.69) is 10.9 Å². The Morgan fingerprint density at radius 3 is 2.29 bits per heavy atom. The topological polar surface area (TPSA) is 76.7 Å². The van der Waals surface area contributed by atoms with Gasteiger partial charge in [0.1, 0.15) is 11.5 Å². The zero-order chi connectivity index (χ0) is 17.5. The van der Waals surface area contributed by atoms with Crippen LogP contribution in [0.1, 0.15) is 33.2 Å². The number of carbonyl (C=O) groups excluding carboxylic acids is 2. The van der Waals surface area contributed by atoms with Crippen molar-refractivity contribution in [2.75, 3.05) is 13.7 Å². The van der Waals surface area contributed by atoms with Gasteiger partial charge >= 0.3 is 0 Å². The third-order valence-electron chi connectivity index (χ3n) is 3.32. The number of carbonyl (C=O) groups is 2. The van der Waals surface area contributed by atoms with Crippen LogP contribution in [0.15, 0.2) is 42.5 Å². The van der Waals surface area contributed by atoms with Crippen molar-refractivity contribution in [3.63, 3.8) is 0 Å². The first-order valence-corrected chi connectivity index (χ1v) is 7.53. The normalized spacial score (nSPS) is 9.96. The average Bonchev–Trinajstić information content (AvgIpc) is 2.60. The van der Waals surface area contributed by atoms with Crippen molar-refractivity contribution in [2.45, 2.75) is 13.8 Å². The fourth-order valence-corrected chi connectivity index (χ4v) is 2.12. The summed E-state index contributed by atoms with van der Waals surface area (Å²) in [5.74, 6) is 0.254. The number of methoxy groups -OCH3 is 1. The minimum atomic E-state index is -0.449. The van der Waals surface area contributed by atoms with Gasteiger partial charge in [-0.25, -0.2) is 0 Å². The van der Waals surface area contributed by atoms with Gasteiger partial charge in [-0.3, -0.25) is 20.4 Å². The zero-order valence-corrected chi connectivity index (χ0v) is 13.9. The highest BCUT2D eigenvalue weighted by Gasteiger charge is 2.14. The lowest BCUT2D eigenvalue weighted by Crippen LogP contribution is -2.41. The van der Waals surface area contributed by atoms with Crippen LogP contribution in [0.2, 0.25) is 0 Å². The number of hydrogen-bond acceptors (Lipinski definition) is 4. The van der Waals surface area contributed by atoms with E-state index in [1.807, 2.05) is 19.9 Å². The van der Waals surface area contributed by atoms with Gasteiger partial charge in [0, 0.05) is 5.56 Å². The summed E-state index contributed by atoms with van der Waals surface area (Å²) in [7, 11) is 1.49. The summed E-state index contributed by atoms with van der Waals surface area (Å²) in [4.78, 5) is 24.3. The predicted octanol–water partition coefficient (Wildman–Crippen LogP) is 2.48. The molecule has 126 valence electrons. The van der Waals surface area contributed by atoms with Gasteiger partial charge in [0.05, 0.1) is 19.3 Å². The van der Waals surface area contributed by atoms with E-state index in [0.29, 0.717) is 29.2 Å². The second-order valence-corrected chi connectivity index (χ2v) is 5.07. The van der Waals surface area contributed by atoms with Crippen LogP contribution >= 0.6 is 0 Å². The van der Waals surface area contributed by atoms with Crippen molar-refractivity contribution in [3.05, 3.63) is 59.2 Å². The first kappa shape index (κ1) is 17.3. The van der Waals surface area contributed by atoms with Gasteiger partial charge in [0.15, 0.2) is 0 Å². The lowest BCUT2D eigenvalue weighted by Gasteiger charge is -2.11. The van der Waals surface area contributed by atoms with E-state index in [0.717, 1.165) is 5.56 Å². The summed E-state index contributed by atoms with van der Waals surface area (Å²) in [6.07, 6.45) is 0. The molecule has 0 saturated heterocycles. The maximum atomic E-state index is 12.2. The monoisotopic (exact) mass is 328 g/mol. The van der Waals surface area contributed by atoms with Gasteiger partial charge in [-0.15, -0.1) is 0 Å². The molecule has 0 aromatic heterocycles. The summed E-state index contributed by atoms with van der Waals surface area (Å²) in [5, 5.41) is 0. The SMILES string of the molecule is CCOc1ccc(C(=O)NNC(=O)c2cc(C)ccc2OC)cc1. The van der Waals surface area contributed by atoms with E-state index in [1.165, 1.54) is 7.11 Å². The second kappa shape index (κ2) is 8.01. The molecule has 0 atom stereocenters. The van der Waals surface area contributed by atoms with E-state index in [1.54, 1.807) is 36.4 Å². The van der Waals surface area contributed by atoms with Crippen LogP contribution in [-0.2, 0) is 0 Å². The van der Waals surface area contributed by atoms with Crippen LogP contribution in [0.5, 0.6) is 11.5 Å². The maximum Gasteiger partial charge on any atom is 0.273 e. The molecule has 2 aromatic carbocycles. The molecule has 0 fully saturated rings. The molecule has 0 radical (unpaired) electrons. The Labute approximate surface area is 140 Å². The van der Waals surface area contributed by atoms with E-state index >= 15 is 0 Å². The maximum absolute atomic E-state index is 12.2. The molecule has 6 nitrogen and oxygen atoms in total. The Balaban J connectivity index is 2.01. The number of amides is 2. The van der Waals surface area contributed by atoms with Crippen molar-refractivity contribution in [1.82, 2.24) is 10.9 Å². The standard InChI is InChI=1S/C18H20N2O4/c1-4-24-14-8-6-13(7-9-14)17(21)19-20-18(22)15-11-12(2)5-10-16(15)23-3/h5-11H,4H2,1-3H3,(H,19,21)(H,20,22). The van der Waals surface area contributed by atoms with E-state index in [4.69, 9.17) is 9.47 Å². The third-order valence-corrected chi connectivity index (χ3v) is 3.32. The van der Waals surface area contributed by atoms with Crippen LogP contribution < -0.4 is 20.3 Å². The molecule has 2 amide bonds. The van der Waals surface area contributed by atoms with E-state index in [9.17, 15) is 9.59 Å². The van der Waals surface area contributed by atoms with Crippen LogP contribution in [-0.4, -0.2) is 25.5 Å². The van der Waals surface area contributed by atoms with E-state index in [-0.39, 0.29) is 0 Å². The van der Waals surface area contributed by atoms with E-state index < -0.39 is 11.8 Å². The average molecular weight is 328 g/mol. The van der Waals surface area contributed by atoms with Crippen molar-refractivity contribution in [1.29, 1.82) is 0 Å². The predicted molar refractivity (Wildman–Crippen MR) is 90.3 cm³/mol. The summed E-state index contributed by atoms with van der Waals surface area (Å²) < 4.78 is 10.5. The Hall–Kier alpha value is -3.02. The summed E-state index contributed by atoms with van der Waals surface area (Å²) in [6, 6.07) is 11.9. The lowest BCUT2D eigenvalue weighted by atomic mass is 10.1. The van der Waals surface area contributed by atoms with Gasteiger partial charge < -0.3 is 9.47 Å². The Morgan fingerprint density at radius 2 is 1.67 bits per heavy atom. The molecule has 2 rings (SSSR count). The van der Waals surface area contributed by atoms with Gasteiger partial charge in [0.2, 0.25) is 0 Å². The number of ether oxygens (including phenoxy) is 2. The van der Waals surface area contributed by atoms with Gasteiger partial charge in [-0.05, 0) is 50.2 Å². The van der Waals surface area contributed by atoms with Crippen LogP contribution in [0, 0.1) is 6.92 Å². The van der Waals surface area contributed by atoms with Gasteiger partial charge in [-0.2, -0.15) is 0 Å². The largest absolute Gasteiger partial charge is 0.496 e. The minimum absolute atomic E-state index is 0.351. The first-order chi connectivity index (χ1) is 11.5.